The molecular weight excluding hydrogens is 562 g/mol. The highest BCUT2D eigenvalue weighted by molar-refractivity contribution is 6.01. The topological polar surface area (TPSA) is 87.7 Å². The van der Waals surface area contributed by atoms with Crippen LogP contribution in [0.25, 0.3) is 10.8 Å². The van der Waals surface area contributed by atoms with E-state index in [1.807, 2.05) is 105 Å². The zero-order valence-electron chi connectivity index (χ0n) is 27.0. The molecule has 0 radical (unpaired) electrons. The van der Waals surface area contributed by atoms with Crippen LogP contribution in [0.1, 0.15) is 62.4 Å². The molecule has 1 aliphatic carbocycles. The average molecular weight is 606 g/mol. The lowest BCUT2D eigenvalue weighted by molar-refractivity contribution is -0.141. The molecule has 0 aromatic heterocycles. The SMILES string of the molecule is Cc1cccc(C(C(=O)Nc2ccc3ccccc3c2)N(C(=O)C(Cc2ccccc2)NC(=O)OC(C)(C)C)C2CC2C)c1C. The number of rotatable bonds is 9. The second kappa shape index (κ2) is 13.1. The molecule has 0 bridgehead atoms. The molecule has 0 heterocycles. The molecule has 4 unspecified atom stereocenters. The molecule has 7 nitrogen and oxygen atoms in total. The number of fused-ring (bicyclic) bond motifs is 1. The van der Waals surface area contributed by atoms with Gasteiger partial charge in [0.1, 0.15) is 17.7 Å². The number of hydrogen-bond acceptors (Lipinski definition) is 4. The first-order valence-corrected chi connectivity index (χ1v) is 15.6. The lowest BCUT2D eigenvalue weighted by Gasteiger charge is -2.36. The zero-order valence-corrected chi connectivity index (χ0v) is 27.0. The second-order valence-electron chi connectivity index (χ2n) is 13.2. The molecule has 2 N–H and O–H groups in total. The first-order valence-electron chi connectivity index (χ1n) is 15.6. The number of carbonyl (C=O) groups excluding carboxylic acids is 3. The summed E-state index contributed by atoms with van der Waals surface area (Å²) in [5, 5.41) is 8.06. The number of nitrogens with zero attached hydrogens (tertiary/aromatic N) is 1. The van der Waals surface area contributed by atoms with Gasteiger partial charge in [0.15, 0.2) is 0 Å². The summed E-state index contributed by atoms with van der Waals surface area (Å²) in [4.78, 5) is 44.1. The molecule has 1 fully saturated rings. The molecule has 4 atom stereocenters. The fourth-order valence-corrected chi connectivity index (χ4v) is 5.82. The predicted octanol–water partition coefficient (Wildman–Crippen LogP) is 7.51. The number of ether oxygens (including phenoxy) is 1. The summed E-state index contributed by atoms with van der Waals surface area (Å²) in [6.45, 7) is 11.4. The van der Waals surface area contributed by atoms with Crippen LogP contribution in [0.15, 0.2) is 91.0 Å². The number of nitrogens with one attached hydrogen (secondary N) is 2. The van der Waals surface area contributed by atoms with E-state index in [1.54, 1.807) is 25.7 Å². The quantitative estimate of drug-likeness (QED) is 0.207. The predicted molar refractivity (Wildman–Crippen MR) is 179 cm³/mol. The van der Waals surface area contributed by atoms with Gasteiger partial charge in [-0.1, -0.05) is 85.8 Å². The third kappa shape index (κ3) is 7.72. The fourth-order valence-electron chi connectivity index (χ4n) is 5.82. The Morgan fingerprint density at radius 1 is 0.889 bits per heavy atom. The Balaban J connectivity index is 1.56. The van der Waals surface area contributed by atoms with Gasteiger partial charge in [-0.3, -0.25) is 9.59 Å². The minimum Gasteiger partial charge on any atom is -0.444 e. The summed E-state index contributed by atoms with van der Waals surface area (Å²) < 4.78 is 5.57. The Labute approximate surface area is 266 Å². The average Bonchev–Trinajstić information content (AvgIpc) is 3.71. The van der Waals surface area contributed by atoms with Crippen molar-refractivity contribution >= 4 is 34.4 Å². The van der Waals surface area contributed by atoms with Crippen LogP contribution in [0.3, 0.4) is 0 Å². The van der Waals surface area contributed by atoms with Crippen LogP contribution in [0.2, 0.25) is 0 Å². The van der Waals surface area contributed by atoms with E-state index in [9.17, 15) is 14.4 Å². The maximum atomic E-state index is 14.8. The number of aryl methyl sites for hydroxylation is 1. The maximum Gasteiger partial charge on any atom is 0.408 e. The number of carbonyl (C=O) groups is 3. The van der Waals surface area contributed by atoms with Crippen LogP contribution in [0, 0.1) is 19.8 Å². The van der Waals surface area contributed by atoms with Crippen molar-refractivity contribution in [2.24, 2.45) is 5.92 Å². The highest BCUT2D eigenvalue weighted by Gasteiger charge is 2.48. The number of benzene rings is 4. The van der Waals surface area contributed by atoms with Crippen LogP contribution < -0.4 is 10.6 Å². The minimum absolute atomic E-state index is 0.163. The molecule has 3 amide bonds. The first kappa shape index (κ1) is 31.8. The molecule has 0 spiro atoms. The van der Waals surface area contributed by atoms with Crippen molar-refractivity contribution in [3.8, 4) is 0 Å². The summed E-state index contributed by atoms with van der Waals surface area (Å²) in [5.74, 6) is -0.422. The second-order valence-corrected chi connectivity index (χ2v) is 13.2. The van der Waals surface area contributed by atoms with Crippen LogP contribution in [0.4, 0.5) is 10.5 Å². The molecule has 234 valence electrons. The molecule has 45 heavy (non-hydrogen) atoms. The maximum absolute atomic E-state index is 14.8. The first-order chi connectivity index (χ1) is 21.4. The molecule has 0 aliphatic heterocycles. The Hall–Kier alpha value is -4.65. The van der Waals surface area contributed by atoms with Gasteiger partial charge in [-0.25, -0.2) is 4.79 Å². The van der Waals surface area contributed by atoms with Crippen molar-refractivity contribution in [2.75, 3.05) is 5.32 Å². The van der Waals surface area contributed by atoms with Gasteiger partial charge >= 0.3 is 6.09 Å². The molecule has 4 aromatic rings. The highest BCUT2D eigenvalue weighted by Crippen LogP contribution is 2.42. The van der Waals surface area contributed by atoms with Crippen molar-refractivity contribution in [3.05, 3.63) is 113 Å². The Morgan fingerprint density at radius 2 is 1.56 bits per heavy atom. The van der Waals surface area contributed by atoms with Gasteiger partial charge in [0, 0.05) is 18.2 Å². The Kier molecular flexibility index (Phi) is 9.28. The summed E-state index contributed by atoms with van der Waals surface area (Å²) in [7, 11) is 0. The van der Waals surface area contributed by atoms with Gasteiger partial charge in [-0.2, -0.15) is 0 Å². The number of hydrogen-bond donors (Lipinski definition) is 2. The van der Waals surface area contributed by atoms with Gasteiger partial charge in [-0.15, -0.1) is 0 Å². The molecule has 1 aliphatic rings. The van der Waals surface area contributed by atoms with Gasteiger partial charge in [0.05, 0.1) is 0 Å². The summed E-state index contributed by atoms with van der Waals surface area (Å²) in [6.07, 6.45) is 0.341. The third-order valence-corrected chi connectivity index (χ3v) is 8.44. The molecule has 5 rings (SSSR count). The smallest absolute Gasteiger partial charge is 0.408 e. The normalized spacial score (nSPS) is 17.2. The van der Waals surface area contributed by atoms with Crippen molar-refractivity contribution < 1.29 is 19.1 Å². The van der Waals surface area contributed by atoms with E-state index in [-0.39, 0.29) is 30.2 Å². The lowest BCUT2D eigenvalue weighted by atomic mass is 9.94. The van der Waals surface area contributed by atoms with Gasteiger partial charge in [0.2, 0.25) is 5.91 Å². The van der Waals surface area contributed by atoms with Gasteiger partial charge in [-0.05, 0) is 92.1 Å². The standard InChI is InChI=1S/C38H43N3O4/c1-24-13-12-18-31(26(24)3)34(35(42)39-30-20-19-28-16-10-11-17-29(28)23-30)41(33-21-25(33)2)36(43)32(22-27-14-8-7-9-15-27)40-37(44)45-38(4,5)6/h7-20,23,25,32-34H,21-22H2,1-6H3,(H,39,42)(H,40,44). The monoisotopic (exact) mass is 605 g/mol. The van der Waals surface area contributed by atoms with Crippen molar-refractivity contribution in [3.63, 3.8) is 0 Å². The van der Waals surface area contributed by atoms with Crippen LogP contribution in [-0.4, -0.2) is 40.5 Å². The summed E-state index contributed by atoms with van der Waals surface area (Å²) in [5.41, 5.74) is 3.53. The van der Waals surface area contributed by atoms with Crippen LogP contribution >= 0.6 is 0 Å². The number of alkyl carbamates (subject to hydrolysis) is 1. The fraction of sp³-hybridized carbons (Fsp3) is 0.342. The molecule has 0 saturated heterocycles. The molecular formula is C38H43N3O4. The van der Waals surface area contributed by atoms with E-state index in [0.717, 1.165) is 39.4 Å². The van der Waals surface area contributed by atoms with E-state index in [1.165, 1.54) is 0 Å². The van der Waals surface area contributed by atoms with E-state index in [4.69, 9.17) is 4.74 Å². The van der Waals surface area contributed by atoms with Crippen molar-refractivity contribution in [1.82, 2.24) is 10.2 Å². The van der Waals surface area contributed by atoms with Crippen LogP contribution in [-0.2, 0) is 20.7 Å². The van der Waals surface area contributed by atoms with E-state index in [0.29, 0.717) is 5.69 Å². The van der Waals surface area contributed by atoms with Gasteiger partial charge in [0.25, 0.3) is 5.91 Å². The zero-order chi connectivity index (χ0) is 32.3. The molecule has 1 saturated carbocycles. The number of amides is 3. The molecule has 4 aromatic carbocycles. The van der Waals surface area contributed by atoms with Gasteiger partial charge < -0.3 is 20.3 Å². The van der Waals surface area contributed by atoms with Crippen LogP contribution in [0.5, 0.6) is 0 Å². The summed E-state index contributed by atoms with van der Waals surface area (Å²) >= 11 is 0. The van der Waals surface area contributed by atoms with Crippen molar-refractivity contribution in [2.45, 2.75) is 78.1 Å². The van der Waals surface area contributed by atoms with Crippen molar-refractivity contribution in [1.29, 1.82) is 0 Å². The number of anilines is 1. The Bertz CT molecular complexity index is 1690. The third-order valence-electron chi connectivity index (χ3n) is 8.44. The highest BCUT2D eigenvalue weighted by atomic mass is 16.6. The van der Waals surface area contributed by atoms with E-state index >= 15 is 0 Å². The summed E-state index contributed by atoms with van der Waals surface area (Å²) in [6, 6.07) is 27.2. The lowest BCUT2D eigenvalue weighted by Crippen LogP contribution is -2.54. The largest absolute Gasteiger partial charge is 0.444 e. The van der Waals surface area contributed by atoms with E-state index < -0.39 is 23.8 Å². The minimum atomic E-state index is -0.948. The van der Waals surface area contributed by atoms with E-state index in [2.05, 4.69) is 17.6 Å². The Morgan fingerprint density at radius 3 is 2.22 bits per heavy atom. The molecule has 7 heteroatoms.